The van der Waals surface area contributed by atoms with Crippen LogP contribution in [0.4, 0.5) is 5.69 Å². The summed E-state index contributed by atoms with van der Waals surface area (Å²) in [6, 6.07) is 5.29. The van der Waals surface area contributed by atoms with Crippen molar-refractivity contribution >= 4 is 28.9 Å². The monoisotopic (exact) mass is 377 g/mol. The third-order valence-electron chi connectivity index (χ3n) is 4.13. The zero-order chi connectivity index (χ0) is 18.1. The van der Waals surface area contributed by atoms with Gasteiger partial charge in [-0.2, -0.15) is 14.9 Å². The Morgan fingerprint density at radius 3 is 2.56 bits per heavy atom. The average molecular weight is 378 g/mol. The molecule has 0 fully saturated rings. The molecule has 3 rings (SSSR count). The topological polar surface area (TPSA) is 64.7 Å². The summed E-state index contributed by atoms with van der Waals surface area (Å²) >= 11 is 12.4. The fraction of sp³-hybridized carbons (Fsp3) is 0.235. The van der Waals surface area contributed by atoms with E-state index in [2.05, 4.69) is 15.5 Å². The average Bonchev–Trinajstić information content (AvgIpc) is 2.91. The maximum absolute atomic E-state index is 12.5. The van der Waals surface area contributed by atoms with E-state index in [0.29, 0.717) is 22.9 Å². The second-order valence-electron chi connectivity index (χ2n) is 5.76. The first-order valence-electron chi connectivity index (χ1n) is 7.64. The van der Waals surface area contributed by atoms with E-state index in [4.69, 9.17) is 23.2 Å². The molecule has 0 saturated heterocycles. The second kappa shape index (κ2) is 6.90. The molecule has 0 unspecified atom stereocenters. The van der Waals surface area contributed by atoms with E-state index in [0.717, 1.165) is 16.8 Å². The normalized spacial score (nSPS) is 10.9. The Kier molecular flexibility index (Phi) is 4.83. The van der Waals surface area contributed by atoms with E-state index in [1.807, 2.05) is 27.0 Å². The molecule has 3 aromatic rings. The van der Waals surface area contributed by atoms with Gasteiger partial charge in [-0.3, -0.25) is 9.48 Å². The number of nitrogens with one attached hydrogen (secondary N) is 1. The van der Waals surface area contributed by atoms with Crippen LogP contribution >= 0.6 is 23.2 Å². The minimum Gasteiger partial charge on any atom is -0.378 e. The highest BCUT2D eigenvalue weighted by Crippen LogP contribution is 2.21. The SMILES string of the molecule is Cc1ccc(-n2ncc(NCc3cnn(C)c3C)c(Cl)c2=O)cc1Cl. The van der Waals surface area contributed by atoms with Crippen LogP contribution in [-0.4, -0.2) is 19.6 Å². The molecule has 0 atom stereocenters. The van der Waals surface area contributed by atoms with Gasteiger partial charge in [0.1, 0.15) is 5.02 Å². The Morgan fingerprint density at radius 2 is 1.92 bits per heavy atom. The lowest BCUT2D eigenvalue weighted by molar-refractivity contribution is 0.738. The van der Waals surface area contributed by atoms with Gasteiger partial charge in [0, 0.05) is 29.9 Å². The van der Waals surface area contributed by atoms with Gasteiger partial charge in [-0.05, 0) is 31.5 Å². The fourth-order valence-electron chi connectivity index (χ4n) is 2.36. The number of rotatable bonds is 4. The standard InChI is InChI=1S/C17H17Cl2N5O/c1-10-4-5-13(6-14(10)18)24-17(25)16(19)15(9-22-24)20-7-12-8-21-23(3)11(12)2/h4-6,8-9,20H,7H2,1-3H3. The molecule has 2 heterocycles. The predicted molar refractivity (Wildman–Crippen MR) is 99.9 cm³/mol. The van der Waals surface area contributed by atoms with Gasteiger partial charge < -0.3 is 5.32 Å². The van der Waals surface area contributed by atoms with Crippen LogP contribution in [0.5, 0.6) is 0 Å². The molecule has 0 aliphatic rings. The number of benzene rings is 1. The summed E-state index contributed by atoms with van der Waals surface area (Å²) < 4.78 is 3.02. The van der Waals surface area contributed by atoms with Gasteiger partial charge in [0.05, 0.1) is 23.8 Å². The highest BCUT2D eigenvalue weighted by atomic mass is 35.5. The molecular weight excluding hydrogens is 361 g/mol. The first-order valence-corrected chi connectivity index (χ1v) is 8.39. The van der Waals surface area contributed by atoms with Crippen LogP contribution in [-0.2, 0) is 13.6 Å². The molecule has 0 radical (unpaired) electrons. The van der Waals surface area contributed by atoms with Gasteiger partial charge in [-0.25, -0.2) is 0 Å². The largest absolute Gasteiger partial charge is 0.378 e. The van der Waals surface area contributed by atoms with Gasteiger partial charge in [0.2, 0.25) is 0 Å². The minimum atomic E-state index is -0.408. The van der Waals surface area contributed by atoms with Crippen molar-refractivity contribution in [3.05, 3.63) is 67.8 Å². The van der Waals surface area contributed by atoms with Gasteiger partial charge in [0.25, 0.3) is 5.56 Å². The lowest BCUT2D eigenvalue weighted by Crippen LogP contribution is -2.22. The first-order chi connectivity index (χ1) is 11.9. The summed E-state index contributed by atoms with van der Waals surface area (Å²) in [6.45, 7) is 4.37. The molecule has 1 N–H and O–H groups in total. The Bertz CT molecular complexity index is 993. The Hall–Kier alpha value is -2.31. The number of aromatic nitrogens is 4. The zero-order valence-corrected chi connectivity index (χ0v) is 15.6. The van der Waals surface area contributed by atoms with E-state index in [-0.39, 0.29) is 5.02 Å². The highest BCUT2D eigenvalue weighted by molar-refractivity contribution is 6.33. The van der Waals surface area contributed by atoms with Crippen LogP contribution in [0.3, 0.4) is 0 Å². The minimum absolute atomic E-state index is 0.0771. The van der Waals surface area contributed by atoms with Crippen molar-refractivity contribution in [2.24, 2.45) is 7.05 Å². The van der Waals surface area contributed by atoms with E-state index >= 15 is 0 Å². The van der Waals surface area contributed by atoms with Gasteiger partial charge in [-0.1, -0.05) is 29.3 Å². The van der Waals surface area contributed by atoms with Crippen molar-refractivity contribution in [2.75, 3.05) is 5.32 Å². The molecule has 0 spiro atoms. The van der Waals surface area contributed by atoms with Crippen molar-refractivity contribution in [2.45, 2.75) is 20.4 Å². The predicted octanol–water partition coefficient (Wildman–Crippen LogP) is 3.50. The smallest absolute Gasteiger partial charge is 0.292 e. The number of hydrogen-bond acceptors (Lipinski definition) is 4. The van der Waals surface area contributed by atoms with Crippen molar-refractivity contribution in [1.82, 2.24) is 19.6 Å². The summed E-state index contributed by atoms with van der Waals surface area (Å²) in [4.78, 5) is 12.5. The number of halogens is 2. The van der Waals surface area contributed by atoms with Crippen LogP contribution in [0.25, 0.3) is 5.69 Å². The third kappa shape index (κ3) is 3.41. The molecule has 0 amide bonds. The van der Waals surface area contributed by atoms with Crippen LogP contribution in [0.1, 0.15) is 16.8 Å². The van der Waals surface area contributed by atoms with Crippen LogP contribution in [0.2, 0.25) is 10.0 Å². The Balaban J connectivity index is 1.88. The Morgan fingerprint density at radius 1 is 1.16 bits per heavy atom. The van der Waals surface area contributed by atoms with E-state index in [9.17, 15) is 4.79 Å². The van der Waals surface area contributed by atoms with Crippen molar-refractivity contribution < 1.29 is 0 Å². The third-order valence-corrected chi connectivity index (χ3v) is 4.90. The summed E-state index contributed by atoms with van der Waals surface area (Å²) in [7, 11) is 1.88. The van der Waals surface area contributed by atoms with Crippen molar-refractivity contribution in [3.8, 4) is 5.69 Å². The fourth-order valence-corrected chi connectivity index (χ4v) is 2.73. The maximum Gasteiger partial charge on any atom is 0.292 e. The lowest BCUT2D eigenvalue weighted by Gasteiger charge is -2.11. The molecule has 1 aromatic carbocycles. The molecular formula is C17H17Cl2N5O. The number of anilines is 1. The molecule has 25 heavy (non-hydrogen) atoms. The van der Waals surface area contributed by atoms with Crippen molar-refractivity contribution in [3.63, 3.8) is 0 Å². The number of aryl methyl sites for hydroxylation is 2. The summed E-state index contributed by atoms with van der Waals surface area (Å²) in [5.41, 5.74) is 3.62. The van der Waals surface area contributed by atoms with Gasteiger partial charge >= 0.3 is 0 Å². The van der Waals surface area contributed by atoms with E-state index in [1.165, 1.54) is 10.9 Å². The van der Waals surface area contributed by atoms with E-state index in [1.54, 1.807) is 23.0 Å². The highest BCUT2D eigenvalue weighted by Gasteiger charge is 2.12. The molecule has 8 heteroatoms. The lowest BCUT2D eigenvalue weighted by atomic mass is 10.2. The molecule has 2 aromatic heterocycles. The molecule has 0 bridgehead atoms. The van der Waals surface area contributed by atoms with Crippen LogP contribution in [0.15, 0.2) is 35.4 Å². The number of hydrogen-bond donors (Lipinski definition) is 1. The number of nitrogens with zero attached hydrogens (tertiary/aromatic N) is 4. The van der Waals surface area contributed by atoms with E-state index < -0.39 is 5.56 Å². The second-order valence-corrected chi connectivity index (χ2v) is 6.54. The molecule has 0 aliphatic heterocycles. The van der Waals surface area contributed by atoms with Crippen molar-refractivity contribution in [1.29, 1.82) is 0 Å². The summed E-state index contributed by atoms with van der Waals surface area (Å²) in [6.07, 6.45) is 3.31. The molecule has 0 saturated carbocycles. The van der Waals surface area contributed by atoms with Crippen LogP contribution in [0, 0.1) is 13.8 Å². The zero-order valence-electron chi connectivity index (χ0n) is 14.0. The van der Waals surface area contributed by atoms with Gasteiger partial charge in [-0.15, -0.1) is 0 Å². The summed E-state index contributed by atoms with van der Waals surface area (Å²) in [5, 5.41) is 12.2. The Labute approximate surface area is 155 Å². The molecule has 0 aliphatic carbocycles. The van der Waals surface area contributed by atoms with Crippen LogP contribution < -0.4 is 10.9 Å². The van der Waals surface area contributed by atoms with Gasteiger partial charge in [0.15, 0.2) is 0 Å². The summed E-state index contributed by atoms with van der Waals surface area (Å²) in [5.74, 6) is 0. The molecule has 6 nitrogen and oxygen atoms in total. The quantitative estimate of drug-likeness (QED) is 0.755. The molecule has 130 valence electrons. The maximum atomic E-state index is 12.5. The first kappa shape index (κ1) is 17.5.